The van der Waals surface area contributed by atoms with Crippen LogP contribution in [0.5, 0.6) is 0 Å². The number of benzene rings is 1. The van der Waals surface area contributed by atoms with Gasteiger partial charge in [0.2, 0.25) is 5.82 Å². The third-order valence-electron chi connectivity index (χ3n) is 3.70. The van der Waals surface area contributed by atoms with Crippen LogP contribution in [0.2, 0.25) is 0 Å². The molecule has 0 N–H and O–H groups in total. The number of rotatable bonds is 1. The lowest BCUT2D eigenvalue weighted by Crippen LogP contribution is -2.15. The van der Waals surface area contributed by atoms with E-state index in [1.165, 1.54) is 5.70 Å². The minimum atomic E-state index is 0.106. The van der Waals surface area contributed by atoms with Crippen molar-refractivity contribution >= 4 is 16.7 Å². The Labute approximate surface area is 148 Å². The van der Waals surface area contributed by atoms with Crippen LogP contribution in [0.15, 0.2) is 30.3 Å². The fourth-order valence-electron chi connectivity index (χ4n) is 2.71. The summed E-state index contributed by atoms with van der Waals surface area (Å²) in [6.45, 7) is 16.4. The minimum absolute atomic E-state index is 0.106. The summed E-state index contributed by atoms with van der Waals surface area (Å²) in [6, 6.07) is 10.1. The van der Waals surface area contributed by atoms with Gasteiger partial charge in [-0.15, -0.1) is 0 Å². The molecule has 1 aromatic heterocycles. The average Bonchev–Trinajstić information content (AvgIpc) is 3.18. The Balaban J connectivity index is 0.000000798. The molecule has 0 fully saturated rings. The lowest BCUT2D eigenvalue weighted by molar-refractivity contribution is 0.470. The van der Waals surface area contributed by atoms with Gasteiger partial charge in [-0.3, -0.25) is 4.57 Å². The molecule has 1 aliphatic rings. The fourth-order valence-corrected chi connectivity index (χ4v) is 2.71. The normalized spacial score (nSPS) is 14.0. The van der Waals surface area contributed by atoms with Crippen molar-refractivity contribution in [2.24, 2.45) is 5.41 Å². The van der Waals surface area contributed by atoms with Gasteiger partial charge in [0.05, 0.1) is 11.0 Å². The van der Waals surface area contributed by atoms with E-state index in [-0.39, 0.29) is 5.41 Å². The van der Waals surface area contributed by atoms with Crippen LogP contribution in [0.1, 0.15) is 74.1 Å². The van der Waals surface area contributed by atoms with E-state index >= 15 is 0 Å². The smallest absolute Gasteiger partial charge is 0.218 e. The third-order valence-corrected chi connectivity index (χ3v) is 3.70. The van der Waals surface area contributed by atoms with Crippen molar-refractivity contribution in [3.63, 3.8) is 0 Å². The lowest BCUT2D eigenvalue weighted by atomic mass is 9.90. The van der Waals surface area contributed by atoms with E-state index in [2.05, 4.69) is 31.0 Å². The molecule has 3 heteroatoms. The van der Waals surface area contributed by atoms with Gasteiger partial charge in [-0.2, -0.15) is 5.26 Å². The Bertz CT molecular complexity index is 685. The van der Waals surface area contributed by atoms with Crippen molar-refractivity contribution in [3.8, 4) is 6.07 Å². The van der Waals surface area contributed by atoms with E-state index in [0.717, 1.165) is 23.9 Å². The molecule has 1 aromatic carbocycles. The van der Waals surface area contributed by atoms with Crippen LogP contribution in [0, 0.1) is 16.7 Å². The maximum atomic E-state index is 9.29. The van der Waals surface area contributed by atoms with Crippen LogP contribution in [0.3, 0.4) is 0 Å². The predicted molar refractivity (Wildman–Crippen MR) is 106 cm³/mol. The Morgan fingerprint density at radius 2 is 1.62 bits per heavy atom. The number of hydrogen-bond acceptors (Lipinski definition) is 2. The van der Waals surface area contributed by atoms with Gasteiger partial charge in [-0.1, -0.05) is 73.6 Å². The molecule has 132 valence electrons. The number of nitriles is 1. The molecule has 0 unspecified atom stereocenters. The molecule has 0 bridgehead atoms. The van der Waals surface area contributed by atoms with Crippen molar-refractivity contribution < 1.29 is 0 Å². The second-order valence-corrected chi connectivity index (χ2v) is 5.38. The zero-order chi connectivity index (χ0) is 18.8. The third kappa shape index (κ3) is 4.47. The van der Waals surface area contributed by atoms with E-state index in [4.69, 9.17) is 0 Å². The summed E-state index contributed by atoms with van der Waals surface area (Å²) in [5.41, 5.74) is 3.22. The van der Waals surface area contributed by atoms with E-state index in [1.807, 2.05) is 70.4 Å². The first-order chi connectivity index (χ1) is 11.6. The lowest BCUT2D eigenvalue weighted by Gasteiger charge is -2.24. The molecule has 0 amide bonds. The van der Waals surface area contributed by atoms with Crippen molar-refractivity contribution in [1.82, 2.24) is 9.55 Å². The first-order valence-electron chi connectivity index (χ1n) is 9.22. The van der Waals surface area contributed by atoms with Crippen molar-refractivity contribution in [3.05, 3.63) is 36.2 Å². The molecule has 0 radical (unpaired) electrons. The van der Waals surface area contributed by atoms with Crippen LogP contribution < -0.4 is 0 Å². The molecule has 0 spiro atoms. The Hall–Kier alpha value is -2.08. The first-order valence-corrected chi connectivity index (χ1v) is 9.22. The largest absolute Gasteiger partial charge is 0.288 e. The summed E-state index contributed by atoms with van der Waals surface area (Å²) in [4.78, 5) is 4.40. The summed E-state index contributed by atoms with van der Waals surface area (Å²) >= 11 is 0. The number of para-hydroxylation sites is 2. The highest BCUT2D eigenvalue weighted by atomic mass is 15.1. The maximum absolute atomic E-state index is 9.29. The van der Waals surface area contributed by atoms with Gasteiger partial charge in [-0.25, -0.2) is 4.98 Å². The van der Waals surface area contributed by atoms with E-state index in [0.29, 0.717) is 5.82 Å². The molecule has 0 saturated heterocycles. The van der Waals surface area contributed by atoms with Gasteiger partial charge in [0, 0.05) is 11.1 Å². The zero-order valence-electron chi connectivity index (χ0n) is 16.6. The summed E-state index contributed by atoms with van der Waals surface area (Å²) in [5, 5.41) is 9.29. The molecule has 3 nitrogen and oxygen atoms in total. The Morgan fingerprint density at radius 3 is 2.12 bits per heavy atom. The van der Waals surface area contributed by atoms with Crippen LogP contribution in [0.4, 0.5) is 0 Å². The second kappa shape index (κ2) is 10.6. The number of fused-ring (bicyclic) bond motifs is 1. The molecule has 1 heterocycles. The quantitative estimate of drug-likeness (QED) is 0.588. The molecule has 3 rings (SSSR count). The molecular formula is C21H33N3. The van der Waals surface area contributed by atoms with E-state index in [9.17, 15) is 5.26 Å². The zero-order valence-corrected chi connectivity index (χ0v) is 16.6. The number of allylic oxidation sites excluding steroid dienone is 2. The molecule has 0 atom stereocenters. The number of aromatic nitrogens is 2. The summed E-state index contributed by atoms with van der Waals surface area (Å²) in [6.07, 6.45) is 4.42. The van der Waals surface area contributed by atoms with Gasteiger partial charge < -0.3 is 0 Å². The Morgan fingerprint density at radius 1 is 1.04 bits per heavy atom. The van der Waals surface area contributed by atoms with Crippen LogP contribution in [-0.4, -0.2) is 9.55 Å². The summed E-state index contributed by atoms with van der Waals surface area (Å²) in [7, 11) is 0. The number of imidazole rings is 1. The van der Waals surface area contributed by atoms with E-state index in [1.54, 1.807) is 0 Å². The van der Waals surface area contributed by atoms with Crippen molar-refractivity contribution in [1.29, 1.82) is 5.26 Å². The van der Waals surface area contributed by atoms with E-state index < -0.39 is 0 Å². The maximum Gasteiger partial charge on any atom is 0.218 e. The fraction of sp³-hybridized carbons (Fsp3) is 0.524. The molecule has 1 aliphatic carbocycles. The van der Waals surface area contributed by atoms with Gasteiger partial charge in [0.25, 0.3) is 0 Å². The standard InChI is InChI=1S/C15H15N3.3C2H6/c1-15(2)9-5-8-13(15)18-12-7-4-3-6-11(12)17-14(18)10-16;3*1-2/h3-4,6-8H,5,9H2,1-2H3;3*1-2H3. The summed E-state index contributed by atoms with van der Waals surface area (Å²) < 4.78 is 2.02. The highest BCUT2D eigenvalue weighted by Crippen LogP contribution is 2.42. The first kappa shape index (κ1) is 21.9. The van der Waals surface area contributed by atoms with Crippen LogP contribution >= 0.6 is 0 Å². The van der Waals surface area contributed by atoms with Crippen LogP contribution in [0.25, 0.3) is 16.7 Å². The van der Waals surface area contributed by atoms with Crippen molar-refractivity contribution in [2.75, 3.05) is 0 Å². The average molecular weight is 328 g/mol. The minimum Gasteiger partial charge on any atom is -0.288 e. The molecule has 0 saturated carbocycles. The highest BCUT2D eigenvalue weighted by Gasteiger charge is 2.31. The van der Waals surface area contributed by atoms with Crippen molar-refractivity contribution in [2.45, 2.75) is 68.2 Å². The molecule has 0 aliphatic heterocycles. The molecule has 24 heavy (non-hydrogen) atoms. The topological polar surface area (TPSA) is 41.6 Å². The Kier molecular flexibility index (Phi) is 9.73. The van der Waals surface area contributed by atoms with Gasteiger partial charge in [0.1, 0.15) is 6.07 Å². The SMILES string of the molecule is CC.CC.CC.CC1(C)CCC=C1n1c(C#N)nc2ccccc21. The van der Waals surface area contributed by atoms with Gasteiger partial charge in [0.15, 0.2) is 0 Å². The van der Waals surface area contributed by atoms with Gasteiger partial charge in [-0.05, 0) is 25.0 Å². The molecule has 2 aromatic rings. The number of hydrogen-bond donors (Lipinski definition) is 0. The second-order valence-electron chi connectivity index (χ2n) is 5.38. The predicted octanol–water partition coefficient (Wildman–Crippen LogP) is 6.65. The van der Waals surface area contributed by atoms with Gasteiger partial charge >= 0.3 is 0 Å². The number of nitrogens with zero attached hydrogens (tertiary/aromatic N) is 3. The summed E-state index contributed by atoms with van der Waals surface area (Å²) in [5.74, 6) is 0.484. The highest BCUT2D eigenvalue weighted by molar-refractivity contribution is 5.82. The van der Waals surface area contributed by atoms with Crippen LogP contribution in [-0.2, 0) is 0 Å². The monoisotopic (exact) mass is 327 g/mol. The molecular weight excluding hydrogens is 294 g/mol.